The number of hydrogen-bond acceptors (Lipinski definition) is 5. The van der Waals surface area contributed by atoms with Gasteiger partial charge in [0.05, 0.1) is 12.1 Å². The Kier molecular flexibility index (Phi) is 6.07. The summed E-state index contributed by atoms with van der Waals surface area (Å²) in [5.41, 5.74) is 1.52. The van der Waals surface area contributed by atoms with Crippen LogP contribution in [0.4, 0.5) is 4.79 Å². The van der Waals surface area contributed by atoms with E-state index in [9.17, 15) is 9.59 Å². The molecule has 1 N–H and O–H groups in total. The Morgan fingerprint density at radius 2 is 1.89 bits per heavy atom. The van der Waals surface area contributed by atoms with E-state index in [1.165, 1.54) is 4.88 Å². The SMILES string of the molecule is Cc1noc(C)c1CC(=O)N1CCN(C(=O)NCC(C)(C)c2cccs2)CC1. The zero-order valence-electron chi connectivity index (χ0n) is 16.9. The average Bonchev–Trinajstić information content (AvgIpc) is 3.33. The smallest absolute Gasteiger partial charge is 0.317 e. The molecule has 1 aliphatic heterocycles. The van der Waals surface area contributed by atoms with Crippen LogP contribution in [0.15, 0.2) is 22.0 Å². The fourth-order valence-electron chi connectivity index (χ4n) is 3.34. The van der Waals surface area contributed by atoms with E-state index >= 15 is 0 Å². The van der Waals surface area contributed by atoms with Gasteiger partial charge in [-0.15, -0.1) is 11.3 Å². The molecule has 2 aromatic rings. The molecular formula is C20H28N4O3S. The van der Waals surface area contributed by atoms with Crippen molar-refractivity contribution in [3.8, 4) is 0 Å². The Hall–Kier alpha value is -2.35. The van der Waals surface area contributed by atoms with Gasteiger partial charge in [-0.25, -0.2) is 4.79 Å². The molecule has 1 saturated heterocycles. The number of urea groups is 1. The highest BCUT2D eigenvalue weighted by Gasteiger charge is 2.27. The third kappa shape index (κ3) is 4.55. The lowest BCUT2D eigenvalue weighted by molar-refractivity contribution is -0.131. The van der Waals surface area contributed by atoms with Gasteiger partial charge in [0.15, 0.2) is 0 Å². The van der Waals surface area contributed by atoms with Crippen LogP contribution < -0.4 is 5.32 Å². The summed E-state index contributed by atoms with van der Waals surface area (Å²) in [6.45, 7) is 10.7. The van der Waals surface area contributed by atoms with Crippen molar-refractivity contribution in [2.24, 2.45) is 0 Å². The minimum Gasteiger partial charge on any atom is -0.361 e. The van der Waals surface area contributed by atoms with E-state index < -0.39 is 0 Å². The van der Waals surface area contributed by atoms with Crippen molar-refractivity contribution in [2.45, 2.75) is 39.5 Å². The van der Waals surface area contributed by atoms with Crippen molar-refractivity contribution in [3.05, 3.63) is 39.4 Å². The van der Waals surface area contributed by atoms with Gasteiger partial charge in [-0.3, -0.25) is 4.79 Å². The number of aryl methyl sites for hydroxylation is 2. The summed E-state index contributed by atoms with van der Waals surface area (Å²) in [4.78, 5) is 29.9. The van der Waals surface area contributed by atoms with Crippen molar-refractivity contribution in [1.29, 1.82) is 0 Å². The normalized spacial score (nSPS) is 15.0. The topological polar surface area (TPSA) is 78.7 Å². The lowest BCUT2D eigenvalue weighted by atomic mass is 9.91. The summed E-state index contributed by atoms with van der Waals surface area (Å²) in [6, 6.07) is 4.06. The maximum Gasteiger partial charge on any atom is 0.317 e. The molecule has 152 valence electrons. The summed E-state index contributed by atoms with van der Waals surface area (Å²) in [5, 5.41) is 9.00. The van der Waals surface area contributed by atoms with E-state index in [1.807, 2.05) is 24.8 Å². The molecule has 0 radical (unpaired) electrons. The van der Waals surface area contributed by atoms with E-state index in [0.29, 0.717) is 44.9 Å². The predicted octanol–water partition coefficient (Wildman–Crippen LogP) is 2.73. The van der Waals surface area contributed by atoms with Crippen LogP contribution >= 0.6 is 11.3 Å². The van der Waals surface area contributed by atoms with Crippen LogP contribution in [-0.4, -0.2) is 59.6 Å². The molecule has 0 spiro atoms. The molecule has 28 heavy (non-hydrogen) atoms. The van der Waals surface area contributed by atoms with E-state index in [4.69, 9.17) is 4.52 Å². The summed E-state index contributed by atoms with van der Waals surface area (Å²) in [6.07, 6.45) is 0.294. The van der Waals surface area contributed by atoms with Crippen LogP contribution in [0.1, 0.15) is 35.7 Å². The van der Waals surface area contributed by atoms with E-state index in [1.54, 1.807) is 16.2 Å². The minimum atomic E-state index is -0.101. The maximum atomic E-state index is 12.6. The Bertz CT molecular complexity index is 801. The average molecular weight is 405 g/mol. The van der Waals surface area contributed by atoms with Crippen molar-refractivity contribution < 1.29 is 14.1 Å². The third-order valence-corrected chi connectivity index (χ3v) is 6.53. The van der Waals surface area contributed by atoms with Gasteiger partial charge in [0.1, 0.15) is 5.76 Å². The lowest BCUT2D eigenvalue weighted by Crippen LogP contribution is -2.54. The number of amides is 3. The minimum absolute atomic E-state index is 0.0493. The number of rotatable bonds is 5. The molecule has 3 rings (SSSR count). The zero-order chi connectivity index (χ0) is 20.3. The first-order chi connectivity index (χ1) is 13.3. The largest absolute Gasteiger partial charge is 0.361 e. The van der Waals surface area contributed by atoms with Gasteiger partial charge >= 0.3 is 6.03 Å². The second kappa shape index (κ2) is 8.34. The number of nitrogens with zero attached hydrogens (tertiary/aromatic N) is 3. The zero-order valence-corrected chi connectivity index (χ0v) is 17.8. The van der Waals surface area contributed by atoms with Crippen molar-refractivity contribution >= 4 is 23.3 Å². The van der Waals surface area contributed by atoms with Gasteiger partial charge in [-0.2, -0.15) is 0 Å². The molecule has 0 bridgehead atoms. The second-order valence-electron chi connectivity index (χ2n) is 7.87. The van der Waals surface area contributed by atoms with Gasteiger partial charge < -0.3 is 19.6 Å². The first-order valence-corrected chi connectivity index (χ1v) is 10.4. The lowest BCUT2D eigenvalue weighted by Gasteiger charge is -2.35. The van der Waals surface area contributed by atoms with Crippen LogP contribution in [0, 0.1) is 13.8 Å². The van der Waals surface area contributed by atoms with Crippen LogP contribution in [0.25, 0.3) is 0 Å². The molecule has 0 saturated carbocycles. The number of hydrogen-bond donors (Lipinski definition) is 1. The fourth-order valence-corrected chi connectivity index (χ4v) is 4.19. The molecule has 0 unspecified atom stereocenters. The molecule has 0 aromatic carbocycles. The van der Waals surface area contributed by atoms with Crippen LogP contribution in [0.5, 0.6) is 0 Å². The Balaban J connectivity index is 1.47. The number of piperazine rings is 1. The monoisotopic (exact) mass is 404 g/mol. The van der Waals surface area contributed by atoms with E-state index in [0.717, 1.165) is 11.3 Å². The third-order valence-electron chi connectivity index (χ3n) is 5.30. The van der Waals surface area contributed by atoms with Crippen LogP contribution in [-0.2, 0) is 16.6 Å². The molecule has 2 aromatic heterocycles. The molecular weight excluding hydrogens is 376 g/mol. The van der Waals surface area contributed by atoms with Crippen molar-refractivity contribution in [1.82, 2.24) is 20.3 Å². The first-order valence-electron chi connectivity index (χ1n) is 9.54. The fraction of sp³-hybridized carbons (Fsp3) is 0.550. The first kappa shape index (κ1) is 20.4. The number of nitrogens with one attached hydrogen (secondary N) is 1. The van der Waals surface area contributed by atoms with E-state index in [-0.39, 0.29) is 17.4 Å². The molecule has 1 aliphatic rings. The van der Waals surface area contributed by atoms with Gasteiger partial charge in [0, 0.05) is 48.6 Å². The highest BCUT2D eigenvalue weighted by atomic mass is 32.1. The summed E-state index contributed by atoms with van der Waals surface area (Å²) in [5.74, 6) is 0.741. The highest BCUT2D eigenvalue weighted by molar-refractivity contribution is 7.10. The standard InChI is InChI=1S/C20H28N4O3S/c1-14-16(15(2)27-22-14)12-18(25)23-7-9-24(10-8-23)19(26)21-13-20(3,4)17-6-5-11-28-17/h5-6,11H,7-10,12-13H2,1-4H3,(H,21,26). The molecule has 7 nitrogen and oxygen atoms in total. The van der Waals surface area contributed by atoms with Gasteiger partial charge in [0.2, 0.25) is 5.91 Å². The number of thiophene rings is 1. The van der Waals surface area contributed by atoms with Crippen LogP contribution in [0.2, 0.25) is 0 Å². The van der Waals surface area contributed by atoms with Gasteiger partial charge in [-0.05, 0) is 25.3 Å². The Morgan fingerprint density at radius 3 is 2.46 bits per heavy atom. The van der Waals surface area contributed by atoms with E-state index in [2.05, 4.69) is 35.8 Å². The number of carbonyl (C=O) groups excluding carboxylic acids is 2. The number of aromatic nitrogens is 1. The van der Waals surface area contributed by atoms with Gasteiger partial charge in [-0.1, -0.05) is 25.1 Å². The molecule has 3 heterocycles. The Labute approximate surface area is 169 Å². The summed E-state index contributed by atoms with van der Waals surface area (Å²) < 4.78 is 5.13. The van der Waals surface area contributed by atoms with Gasteiger partial charge in [0.25, 0.3) is 0 Å². The number of carbonyl (C=O) groups is 2. The molecule has 0 atom stereocenters. The highest BCUT2D eigenvalue weighted by Crippen LogP contribution is 2.26. The molecule has 3 amide bonds. The molecule has 0 aliphatic carbocycles. The summed E-state index contributed by atoms with van der Waals surface area (Å²) in [7, 11) is 0. The predicted molar refractivity (Wildman–Crippen MR) is 109 cm³/mol. The second-order valence-corrected chi connectivity index (χ2v) is 8.81. The Morgan fingerprint density at radius 1 is 1.21 bits per heavy atom. The quantitative estimate of drug-likeness (QED) is 0.831. The van der Waals surface area contributed by atoms with Crippen molar-refractivity contribution in [3.63, 3.8) is 0 Å². The summed E-state index contributed by atoms with van der Waals surface area (Å²) >= 11 is 1.70. The molecule has 1 fully saturated rings. The van der Waals surface area contributed by atoms with Crippen molar-refractivity contribution in [2.75, 3.05) is 32.7 Å². The maximum absolute atomic E-state index is 12.6. The molecule has 8 heteroatoms. The van der Waals surface area contributed by atoms with Crippen LogP contribution in [0.3, 0.4) is 0 Å².